The number of pyridine rings is 1. The largest absolute Gasteiger partial charge is 0.466 e. The Kier molecular flexibility index (Phi) is 11.2. The van der Waals surface area contributed by atoms with Crippen LogP contribution in [-0.4, -0.2) is 72.7 Å². The molecule has 1 aliphatic heterocycles. The molecule has 0 saturated carbocycles. The number of aryl methyl sites for hydroxylation is 1. The predicted octanol–water partition coefficient (Wildman–Crippen LogP) is 3.10. The van der Waals surface area contributed by atoms with Crippen LogP contribution in [0.5, 0.6) is 0 Å². The summed E-state index contributed by atoms with van der Waals surface area (Å²) in [6.45, 7) is 5.96. The lowest BCUT2D eigenvalue weighted by atomic mass is 10.0. The highest BCUT2D eigenvalue weighted by Gasteiger charge is 2.29. The number of aromatic nitrogens is 1. The first kappa shape index (κ1) is 28.8. The maximum atomic E-state index is 13.3. The fraction of sp³-hybridized carbons (Fsp3) is 0.464. The van der Waals surface area contributed by atoms with E-state index in [1.165, 1.54) is 4.90 Å². The van der Waals surface area contributed by atoms with Gasteiger partial charge in [0.2, 0.25) is 0 Å². The molecule has 1 aliphatic rings. The van der Waals surface area contributed by atoms with Gasteiger partial charge >= 0.3 is 18.0 Å². The number of nitrogens with one attached hydrogen (secondary N) is 2. The van der Waals surface area contributed by atoms with E-state index >= 15 is 0 Å². The molecule has 2 heterocycles. The van der Waals surface area contributed by atoms with Gasteiger partial charge in [-0.15, -0.1) is 0 Å². The Labute approximate surface area is 223 Å². The van der Waals surface area contributed by atoms with Crippen LogP contribution in [0.1, 0.15) is 55.6 Å². The van der Waals surface area contributed by atoms with Crippen molar-refractivity contribution in [2.45, 2.75) is 52.0 Å². The maximum Gasteiger partial charge on any atom is 0.417 e. The fourth-order valence-corrected chi connectivity index (χ4v) is 4.03. The van der Waals surface area contributed by atoms with Gasteiger partial charge in [0.15, 0.2) is 0 Å². The van der Waals surface area contributed by atoms with Crippen molar-refractivity contribution in [1.29, 1.82) is 0 Å². The quantitative estimate of drug-likeness (QED) is 0.339. The van der Waals surface area contributed by atoms with Gasteiger partial charge < -0.3 is 25.0 Å². The Morgan fingerprint density at radius 1 is 1.08 bits per heavy atom. The number of benzene rings is 1. The number of carbonyl (C=O) groups is 4. The average molecular weight is 525 g/mol. The smallest absolute Gasteiger partial charge is 0.417 e. The Hall–Kier alpha value is -3.79. The SMILES string of the molecule is CCCCc1cc(C(=O)NC(CCC(=O)OCC)C(=O)OC(=O)N2CCNCC2)nc(-c2ccccc2)c1. The van der Waals surface area contributed by atoms with Crippen LogP contribution in [0.4, 0.5) is 4.79 Å². The highest BCUT2D eigenvalue weighted by Crippen LogP contribution is 2.20. The topological polar surface area (TPSA) is 127 Å². The molecule has 2 amide bonds. The van der Waals surface area contributed by atoms with Gasteiger partial charge in [0.25, 0.3) is 5.91 Å². The fourth-order valence-electron chi connectivity index (χ4n) is 4.03. The van der Waals surface area contributed by atoms with E-state index in [-0.39, 0.29) is 25.1 Å². The van der Waals surface area contributed by atoms with Gasteiger partial charge in [-0.05, 0) is 43.9 Å². The molecule has 204 valence electrons. The summed E-state index contributed by atoms with van der Waals surface area (Å²) in [4.78, 5) is 56.7. The van der Waals surface area contributed by atoms with E-state index in [1.807, 2.05) is 36.4 Å². The first-order valence-corrected chi connectivity index (χ1v) is 13.2. The van der Waals surface area contributed by atoms with Crippen molar-refractivity contribution in [1.82, 2.24) is 20.5 Å². The predicted molar refractivity (Wildman–Crippen MR) is 141 cm³/mol. The minimum absolute atomic E-state index is 0.0840. The molecule has 1 unspecified atom stereocenters. The molecule has 10 nitrogen and oxygen atoms in total. The third kappa shape index (κ3) is 8.65. The number of ether oxygens (including phenoxy) is 2. The highest BCUT2D eigenvalue weighted by atomic mass is 16.6. The number of rotatable bonds is 11. The van der Waals surface area contributed by atoms with Crippen LogP contribution in [0.15, 0.2) is 42.5 Å². The van der Waals surface area contributed by atoms with Crippen LogP contribution in [0.25, 0.3) is 11.3 Å². The van der Waals surface area contributed by atoms with E-state index in [9.17, 15) is 19.2 Å². The first-order chi connectivity index (χ1) is 18.4. The summed E-state index contributed by atoms with van der Waals surface area (Å²) >= 11 is 0. The third-order valence-corrected chi connectivity index (χ3v) is 6.10. The Morgan fingerprint density at radius 3 is 2.50 bits per heavy atom. The summed E-state index contributed by atoms with van der Waals surface area (Å²) < 4.78 is 10.0. The van der Waals surface area contributed by atoms with E-state index in [2.05, 4.69) is 22.5 Å². The molecule has 0 bridgehead atoms. The summed E-state index contributed by atoms with van der Waals surface area (Å²) in [6, 6.07) is 11.9. The van der Waals surface area contributed by atoms with Crippen molar-refractivity contribution >= 4 is 23.9 Å². The second-order valence-electron chi connectivity index (χ2n) is 9.01. The van der Waals surface area contributed by atoms with E-state index in [0.29, 0.717) is 31.9 Å². The van der Waals surface area contributed by atoms with Crippen molar-refractivity contribution in [3.63, 3.8) is 0 Å². The summed E-state index contributed by atoms with van der Waals surface area (Å²) in [5.74, 6) is -2.04. The molecule has 0 spiro atoms. The molecule has 3 rings (SSSR count). The number of piperazine rings is 1. The molecule has 1 aromatic carbocycles. The van der Waals surface area contributed by atoms with Gasteiger partial charge in [0.1, 0.15) is 11.7 Å². The molecule has 2 N–H and O–H groups in total. The lowest BCUT2D eigenvalue weighted by Gasteiger charge is -2.26. The summed E-state index contributed by atoms with van der Waals surface area (Å²) in [5, 5.41) is 5.75. The van der Waals surface area contributed by atoms with Gasteiger partial charge in [-0.2, -0.15) is 0 Å². The number of carbonyl (C=O) groups excluding carboxylic acids is 4. The zero-order valence-corrected chi connectivity index (χ0v) is 22.0. The Bertz CT molecular complexity index is 1100. The molecule has 10 heteroatoms. The average Bonchev–Trinajstić information content (AvgIpc) is 2.94. The second kappa shape index (κ2) is 14.8. The number of amides is 2. The zero-order valence-electron chi connectivity index (χ0n) is 22.0. The van der Waals surface area contributed by atoms with Crippen molar-refractivity contribution in [3.8, 4) is 11.3 Å². The molecule has 2 aromatic rings. The molecule has 0 aliphatic carbocycles. The summed E-state index contributed by atoms with van der Waals surface area (Å²) in [7, 11) is 0. The Balaban J connectivity index is 1.80. The highest BCUT2D eigenvalue weighted by molar-refractivity contribution is 5.97. The summed E-state index contributed by atoms with van der Waals surface area (Å²) in [5.41, 5.74) is 2.59. The molecular formula is C28H36N4O6. The standard InChI is InChI=1S/C28H36N4O6/c1-3-5-9-20-18-23(21-10-7-6-8-11-21)30-24(19-20)26(34)31-22(12-13-25(33)37-4-2)27(35)38-28(36)32-16-14-29-15-17-32/h6-8,10-11,18-19,22,29H,3-5,9,12-17H2,1-2H3,(H,31,34). The van der Waals surface area contributed by atoms with Crippen LogP contribution >= 0.6 is 0 Å². The third-order valence-electron chi connectivity index (χ3n) is 6.10. The number of esters is 2. The molecule has 1 saturated heterocycles. The molecular weight excluding hydrogens is 488 g/mol. The molecule has 1 aromatic heterocycles. The summed E-state index contributed by atoms with van der Waals surface area (Å²) in [6.07, 6.45) is 1.72. The van der Waals surface area contributed by atoms with E-state index < -0.39 is 30.0 Å². The van der Waals surface area contributed by atoms with Gasteiger partial charge in [0.05, 0.1) is 12.3 Å². The Morgan fingerprint density at radius 2 is 1.82 bits per heavy atom. The van der Waals surface area contributed by atoms with E-state index in [0.717, 1.165) is 30.4 Å². The van der Waals surface area contributed by atoms with Crippen molar-refractivity contribution in [3.05, 3.63) is 53.7 Å². The lowest BCUT2D eigenvalue weighted by molar-refractivity contribution is -0.144. The van der Waals surface area contributed by atoms with Crippen LogP contribution in [0.2, 0.25) is 0 Å². The van der Waals surface area contributed by atoms with Crippen LogP contribution in [0.3, 0.4) is 0 Å². The molecule has 0 radical (unpaired) electrons. The number of nitrogens with zero attached hydrogens (tertiary/aromatic N) is 2. The lowest BCUT2D eigenvalue weighted by Crippen LogP contribution is -2.49. The van der Waals surface area contributed by atoms with Gasteiger partial charge in [-0.25, -0.2) is 14.6 Å². The zero-order chi connectivity index (χ0) is 27.3. The number of hydrogen-bond donors (Lipinski definition) is 2. The monoisotopic (exact) mass is 524 g/mol. The van der Waals surface area contributed by atoms with Crippen LogP contribution in [-0.2, 0) is 25.5 Å². The molecule has 1 fully saturated rings. The minimum Gasteiger partial charge on any atom is -0.466 e. The van der Waals surface area contributed by atoms with Crippen molar-refractivity contribution < 1.29 is 28.7 Å². The molecule has 1 atom stereocenters. The van der Waals surface area contributed by atoms with Crippen LogP contribution in [0, 0.1) is 0 Å². The van der Waals surface area contributed by atoms with E-state index in [4.69, 9.17) is 9.47 Å². The van der Waals surface area contributed by atoms with Crippen molar-refractivity contribution in [2.24, 2.45) is 0 Å². The van der Waals surface area contributed by atoms with Gasteiger partial charge in [-0.3, -0.25) is 9.59 Å². The molecule has 38 heavy (non-hydrogen) atoms. The van der Waals surface area contributed by atoms with Crippen LogP contribution < -0.4 is 10.6 Å². The van der Waals surface area contributed by atoms with Crippen molar-refractivity contribution in [2.75, 3.05) is 32.8 Å². The maximum absolute atomic E-state index is 13.3. The van der Waals surface area contributed by atoms with Gasteiger partial charge in [0, 0.05) is 38.2 Å². The number of unbranched alkanes of at least 4 members (excludes halogenated alkanes) is 1. The van der Waals surface area contributed by atoms with E-state index in [1.54, 1.807) is 13.0 Å². The number of hydrogen-bond acceptors (Lipinski definition) is 8. The minimum atomic E-state index is -1.24. The first-order valence-electron chi connectivity index (χ1n) is 13.2. The second-order valence-corrected chi connectivity index (χ2v) is 9.01. The normalized spacial score (nSPS) is 13.9. The van der Waals surface area contributed by atoms with Gasteiger partial charge in [-0.1, -0.05) is 43.7 Å².